The molecule has 2 aromatic rings. The molecule has 3 rings (SSSR count). The molecule has 0 bridgehead atoms. The quantitative estimate of drug-likeness (QED) is 0.459. The number of methoxy groups -OCH3 is 1. The van der Waals surface area contributed by atoms with Crippen molar-refractivity contribution in [3.05, 3.63) is 66.2 Å². The van der Waals surface area contributed by atoms with Crippen LogP contribution < -0.4 is 14.4 Å². The van der Waals surface area contributed by atoms with Crippen molar-refractivity contribution >= 4 is 29.4 Å². The molecule has 0 radical (unpaired) electrons. The summed E-state index contributed by atoms with van der Waals surface area (Å²) in [5.74, 6) is -1.77. The minimum absolute atomic E-state index is 0.00753. The number of carboxylic acid groups (broad SMARTS) is 1. The second-order valence-corrected chi connectivity index (χ2v) is 7.20. The predicted octanol–water partition coefficient (Wildman–Crippen LogP) is 2.40. The number of nitrogens with zero attached hydrogens (tertiary/aromatic N) is 2. The van der Waals surface area contributed by atoms with Gasteiger partial charge in [0.25, 0.3) is 5.91 Å². The molecule has 1 aliphatic heterocycles. The molecule has 0 spiro atoms. The van der Waals surface area contributed by atoms with Gasteiger partial charge in [0.2, 0.25) is 11.8 Å². The number of ether oxygens (including phenoxy) is 2. The maximum atomic E-state index is 13.2. The van der Waals surface area contributed by atoms with Crippen LogP contribution in [0.5, 0.6) is 11.5 Å². The van der Waals surface area contributed by atoms with E-state index in [1.807, 2.05) is 6.92 Å². The van der Waals surface area contributed by atoms with E-state index in [1.165, 1.54) is 12.0 Å². The first-order valence-electron chi connectivity index (χ1n) is 10.3. The second-order valence-electron chi connectivity index (χ2n) is 7.20. The van der Waals surface area contributed by atoms with Gasteiger partial charge in [-0.2, -0.15) is 0 Å². The standard InChI is InChI=1S/C24H24N2O7/c1-3-33-19-10-6-17(7-11-19)26-22(28)14-20(24(26)31)25(21(27)12-13-23(29)30)15-16-4-8-18(32-2)9-5-16/h4-13,20H,3,14-15H2,1-2H3,(H,29,30)/b13-12+/t20-/m1/s1. The molecule has 1 atom stereocenters. The summed E-state index contributed by atoms with van der Waals surface area (Å²) in [6.45, 7) is 2.34. The lowest BCUT2D eigenvalue weighted by molar-refractivity contribution is -0.135. The Morgan fingerprint density at radius 2 is 1.70 bits per heavy atom. The highest BCUT2D eigenvalue weighted by molar-refractivity contribution is 6.23. The van der Waals surface area contributed by atoms with E-state index in [0.29, 0.717) is 35.4 Å². The van der Waals surface area contributed by atoms with Gasteiger partial charge >= 0.3 is 5.97 Å². The smallest absolute Gasteiger partial charge is 0.328 e. The summed E-state index contributed by atoms with van der Waals surface area (Å²) in [5, 5.41) is 8.89. The van der Waals surface area contributed by atoms with Crippen LogP contribution in [0.4, 0.5) is 5.69 Å². The van der Waals surface area contributed by atoms with Gasteiger partial charge in [-0.25, -0.2) is 9.69 Å². The average molecular weight is 452 g/mol. The van der Waals surface area contributed by atoms with Crippen LogP contribution in [-0.4, -0.2) is 53.5 Å². The minimum atomic E-state index is -1.29. The Labute approximate surface area is 190 Å². The minimum Gasteiger partial charge on any atom is -0.497 e. The number of rotatable bonds is 9. The first-order valence-corrected chi connectivity index (χ1v) is 10.3. The monoisotopic (exact) mass is 452 g/mol. The van der Waals surface area contributed by atoms with Crippen molar-refractivity contribution in [2.24, 2.45) is 0 Å². The summed E-state index contributed by atoms with van der Waals surface area (Å²) in [6, 6.07) is 12.3. The van der Waals surface area contributed by atoms with Crippen molar-refractivity contribution in [2.45, 2.75) is 25.9 Å². The molecule has 3 amide bonds. The van der Waals surface area contributed by atoms with E-state index >= 15 is 0 Å². The Balaban J connectivity index is 1.88. The Morgan fingerprint density at radius 3 is 2.27 bits per heavy atom. The Bertz CT molecular complexity index is 1060. The lowest BCUT2D eigenvalue weighted by Gasteiger charge is -2.27. The fourth-order valence-electron chi connectivity index (χ4n) is 3.50. The van der Waals surface area contributed by atoms with Crippen LogP contribution in [0.1, 0.15) is 18.9 Å². The first kappa shape index (κ1) is 23.5. The normalized spacial score (nSPS) is 15.7. The van der Waals surface area contributed by atoms with E-state index in [0.717, 1.165) is 11.0 Å². The van der Waals surface area contributed by atoms with Gasteiger partial charge in [0.1, 0.15) is 17.5 Å². The number of amides is 3. The molecule has 172 valence electrons. The predicted molar refractivity (Wildman–Crippen MR) is 119 cm³/mol. The molecule has 1 saturated heterocycles. The van der Waals surface area contributed by atoms with E-state index in [4.69, 9.17) is 14.6 Å². The summed E-state index contributed by atoms with van der Waals surface area (Å²) in [6.07, 6.45) is 1.37. The lowest BCUT2D eigenvalue weighted by atomic mass is 10.1. The number of imide groups is 1. The molecule has 1 aliphatic rings. The van der Waals surface area contributed by atoms with Crippen molar-refractivity contribution in [2.75, 3.05) is 18.6 Å². The molecule has 0 aliphatic carbocycles. The van der Waals surface area contributed by atoms with E-state index in [1.54, 1.807) is 48.5 Å². The molecular formula is C24H24N2O7. The van der Waals surface area contributed by atoms with Crippen LogP contribution in [0, 0.1) is 0 Å². The zero-order chi connectivity index (χ0) is 24.0. The topological polar surface area (TPSA) is 113 Å². The van der Waals surface area contributed by atoms with Gasteiger partial charge in [0, 0.05) is 18.7 Å². The number of hydrogen-bond acceptors (Lipinski definition) is 6. The van der Waals surface area contributed by atoms with E-state index in [2.05, 4.69) is 0 Å². The maximum Gasteiger partial charge on any atom is 0.328 e. The molecule has 9 heteroatoms. The number of carboxylic acids is 1. The van der Waals surface area contributed by atoms with Crippen LogP contribution in [0.25, 0.3) is 0 Å². The molecule has 1 N–H and O–H groups in total. The van der Waals surface area contributed by atoms with E-state index in [9.17, 15) is 19.2 Å². The molecule has 2 aromatic carbocycles. The highest BCUT2D eigenvalue weighted by Gasteiger charge is 2.44. The van der Waals surface area contributed by atoms with Gasteiger partial charge in [-0.05, 0) is 48.9 Å². The molecule has 9 nitrogen and oxygen atoms in total. The van der Waals surface area contributed by atoms with Crippen LogP contribution >= 0.6 is 0 Å². The number of aliphatic carboxylic acids is 1. The molecule has 1 heterocycles. The molecule has 0 unspecified atom stereocenters. The van der Waals surface area contributed by atoms with Crippen molar-refractivity contribution < 1.29 is 33.8 Å². The third kappa shape index (κ3) is 5.57. The van der Waals surface area contributed by atoms with Gasteiger partial charge < -0.3 is 19.5 Å². The van der Waals surface area contributed by atoms with Crippen LogP contribution in [0.2, 0.25) is 0 Å². The second kappa shape index (κ2) is 10.4. The Kier molecular flexibility index (Phi) is 7.45. The summed E-state index contributed by atoms with van der Waals surface area (Å²) >= 11 is 0. The number of benzene rings is 2. The van der Waals surface area contributed by atoms with Gasteiger partial charge in [0.05, 0.1) is 25.8 Å². The van der Waals surface area contributed by atoms with Gasteiger partial charge in [0.15, 0.2) is 0 Å². The fraction of sp³-hybridized carbons (Fsp3) is 0.250. The highest BCUT2D eigenvalue weighted by atomic mass is 16.5. The number of carbonyl (C=O) groups excluding carboxylic acids is 3. The molecule has 1 fully saturated rings. The molecular weight excluding hydrogens is 428 g/mol. The van der Waals surface area contributed by atoms with Crippen molar-refractivity contribution in [3.8, 4) is 11.5 Å². The zero-order valence-electron chi connectivity index (χ0n) is 18.3. The van der Waals surface area contributed by atoms with Crippen LogP contribution in [0.3, 0.4) is 0 Å². The largest absolute Gasteiger partial charge is 0.497 e. The summed E-state index contributed by atoms with van der Waals surface area (Å²) in [7, 11) is 1.53. The van der Waals surface area contributed by atoms with Crippen LogP contribution in [-0.2, 0) is 25.7 Å². The Hall–Kier alpha value is -4.14. The third-order valence-corrected chi connectivity index (χ3v) is 5.07. The summed E-state index contributed by atoms with van der Waals surface area (Å²) < 4.78 is 10.5. The van der Waals surface area contributed by atoms with Crippen LogP contribution in [0.15, 0.2) is 60.7 Å². The first-order chi connectivity index (χ1) is 15.8. The maximum absolute atomic E-state index is 13.2. The van der Waals surface area contributed by atoms with Crippen molar-refractivity contribution in [1.29, 1.82) is 0 Å². The third-order valence-electron chi connectivity index (χ3n) is 5.07. The van der Waals surface area contributed by atoms with E-state index < -0.39 is 29.7 Å². The molecule has 0 saturated carbocycles. The van der Waals surface area contributed by atoms with Gasteiger partial charge in [-0.15, -0.1) is 0 Å². The van der Waals surface area contributed by atoms with Crippen molar-refractivity contribution in [1.82, 2.24) is 4.90 Å². The summed E-state index contributed by atoms with van der Waals surface area (Å²) in [4.78, 5) is 51.9. The number of carbonyl (C=O) groups is 4. The van der Waals surface area contributed by atoms with Crippen molar-refractivity contribution in [3.63, 3.8) is 0 Å². The lowest BCUT2D eigenvalue weighted by Crippen LogP contribution is -2.44. The summed E-state index contributed by atoms with van der Waals surface area (Å²) in [5.41, 5.74) is 1.06. The number of hydrogen-bond donors (Lipinski definition) is 1. The molecule has 0 aromatic heterocycles. The van der Waals surface area contributed by atoms with Gasteiger partial charge in [-0.3, -0.25) is 14.4 Å². The van der Waals surface area contributed by atoms with Gasteiger partial charge in [-0.1, -0.05) is 12.1 Å². The Morgan fingerprint density at radius 1 is 1.06 bits per heavy atom. The fourth-order valence-corrected chi connectivity index (χ4v) is 3.50. The zero-order valence-corrected chi connectivity index (χ0v) is 18.3. The SMILES string of the molecule is CCOc1ccc(N2C(=O)C[C@@H](N(Cc3ccc(OC)cc3)C(=O)/C=C/C(=O)O)C2=O)cc1. The highest BCUT2D eigenvalue weighted by Crippen LogP contribution is 2.28. The molecule has 33 heavy (non-hydrogen) atoms. The van der Waals surface area contributed by atoms with E-state index in [-0.39, 0.29) is 13.0 Å². The average Bonchev–Trinajstić information content (AvgIpc) is 3.10. The number of anilines is 1.